The van der Waals surface area contributed by atoms with Gasteiger partial charge >= 0.3 is 0 Å². The molecule has 1 aliphatic rings. The van der Waals surface area contributed by atoms with Crippen molar-refractivity contribution in [2.75, 3.05) is 24.6 Å². The maximum atomic E-state index is 11.4. The van der Waals surface area contributed by atoms with Crippen LogP contribution in [0.3, 0.4) is 0 Å². The van der Waals surface area contributed by atoms with Gasteiger partial charge in [0.2, 0.25) is 0 Å². The molecule has 0 amide bonds. The van der Waals surface area contributed by atoms with E-state index in [1.807, 2.05) is 13.8 Å². The average molecular weight is 248 g/mol. The molecule has 1 aliphatic heterocycles. The molecular formula is C11H24N2O2S. The van der Waals surface area contributed by atoms with Crippen molar-refractivity contribution in [3.05, 3.63) is 0 Å². The number of sulfone groups is 1. The zero-order valence-corrected chi connectivity index (χ0v) is 11.4. The van der Waals surface area contributed by atoms with Crippen molar-refractivity contribution in [1.29, 1.82) is 0 Å². The van der Waals surface area contributed by atoms with Crippen molar-refractivity contribution in [1.82, 2.24) is 4.90 Å². The van der Waals surface area contributed by atoms with Crippen LogP contribution in [0.1, 0.15) is 33.6 Å². The standard InChI is InChI=1S/C11H24N2O2S/c1-4-5-11(3,12)9-13-6-7-16(14,15)8-10(13)2/h10H,4-9,12H2,1-3H3. The Morgan fingerprint density at radius 1 is 1.50 bits per heavy atom. The molecule has 2 atom stereocenters. The van der Waals surface area contributed by atoms with Gasteiger partial charge < -0.3 is 5.73 Å². The smallest absolute Gasteiger partial charge is 0.153 e. The van der Waals surface area contributed by atoms with Crippen LogP contribution in [0.5, 0.6) is 0 Å². The van der Waals surface area contributed by atoms with Crippen LogP contribution in [0.2, 0.25) is 0 Å². The topological polar surface area (TPSA) is 63.4 Å². The first kappa shape index (κ1) is 13.9. The van der Waals surface area contributed by atoms with Crippen molar-refractivity contribution in [2.24, 2.45) is 5.73 Å². The van der Waals surface area contributed by atoms with Gasteiger partial charge in [-0.3, -0.25) is 4.90 Å². The zero-order chi connectivity index (χ0) is 12.4. The predicted octanol–water partition coefficient (Wildman–Crippen LogP) is 0.623. The second-order valence-corrected chi connectivity index (χ2v) is 7.57. The Balaban J connectivity index is 2.57. The van der Waals surface area contributed by atoms with Crippen molar-refractivity contribution in [3.63, 3.8) is 0 Å². The van der Waals surface area contributed by atoms with E-state index in [0.29, 0.717) is 6.54 Å². The summed E-state index contributed by atoms with van der Waals surface area (Å²) in [6.45, 7) is 7.55. The van der Waals surface area contributed by atoms with Gasteiger partial charge in [0.05, 0.1) is 11.5 Å². The minimum absolute atomic E-state index is 0.0958. The maximum Gasteiger partial charge on any atom is 0.153 e. The van der Waals surface area contributed by atoms with Crippen LogP contribution in [0, 0.1) is 0 Å². The molecule has 16 heavy (non-hydrogen) atoms. The number of hydrogen-bond acceptors (Lipinski definition) is 4. The van der Waals surface area contributed by atoms with Gasteiger partial charge in [0, 0.05) is 24.7 Å². The summed E-state index contributed by atoms with van der Waals surface area (Å²) in [5.41, 5.74) is 5.99. The summed E-state index contributed by atoms with van der Waals surface area (Å²) >= 11 is 0. The fourth-order valence-corrected chi connectivity index (χ4v) is 4.01. The van der Waals surface area contributed by atoms with Crippen molar-refractivity contribution in [3.8, 4) is 0 Å². The van der Waals surface area contributed by atoms with E-state index in [1.165, 1.54) is 0 Å². The molecule has 2 N–H and O–H groups in total. The average Bonchev–Trinajstić information content (AvgIpc) is 2.09. The molecule has 0 aromatic rings. The van der Waals surface area contributed by atoms with E-state index in [4.69, 9.17) is 5.73 Å². The molecule has 0 spiro atoms. The molecule has 0 bridgehead atoms. The van der Waals surface area contributed by atoms with Crippen LogP contribution in [0.25, 0.3) is 0 Å². The van der Waals surface area contributed by atoms with Crippen LogP contribution >= 0.6 is 0 Å². The summed E-state index contributed by atoms with van der Waals surface area (Å²) in [6, 6.07) is 0.0958. The summed E-state index contributed by atoms with van der Waals surface area (Å²) in [5, 5.41) is 0. The van der Waals surface area contributed by atoms with Crippen LogP contribution in [0.4, 0.5) is 0 Å². The molecule has 1 saturated heterocycles. The van der Waals surface area contributed by atoms with Gasteiger partial charge in [-0.15, -0.1) is 0 Å². The lowest BCUT2D eigenvalue weighted by Crippen LogP contribution is -2.55. The van der Waals surface area contributed by atoms with Crippen LogP contribution in [-0.2, 0) is 9.84 Å². The Morgan fingerprint density at radius 3 is 2.62 bits per heavy atom. The third-order valence-corrected chi connectivity index (χ3v) is 4.99. The first-order valence-corrected chi connectivity index (χ1v) is 7.81. The third-order valence-electron chi connectivity index (χ3n) is 3.19. The number of nitrogens with two attached hydrogens (primary N) is 1. The lowest BCUT2D eigenvalue weighted by molar-refractivity contribution is 0.175. The Bertz CT molecular complexity index is 325. The minimum atomic E-state index is -2.82. The molecule has 0 aliphatic carbocycles. The second kappa shape index (κ2) is 5.02. The van der Waals surface area contributed by atoms with E-state index in [-0.39, 0.29) is 23.1 Å². The Kier molecular flexibility index (Phi) is 4.37. The van der Waals surface area contributed by atoms with Gasteiger partial charge in [-0.2, -0.15) is 0 Å². The van der Waals surface area contributed by atoms with Crippen molar-refractivity contribution < 1.29 is 8.42 Å². The summed E-state index contributed by atoms with van der Waals surface area (Å²) in [7, 11) is -2.82. The van der Waals surface area contributed by atoms with Crippen LogP contribution < -0.4 is 5.73 Å². The molecule has 0 radical (unpaired) electrons. The zero-order valence-electron chi connectivity index (χ0n) is 10.6. The van der Waals surface area contributed by atoms with Gasteiger partial charge in [-0.25, -0.2) is 8.42 Å². The quantitative estimate of drug-likeness (QED) is 0.792. The minimum Gasteiger partial charge on any atom is -0.324 e. The van der Waals surface area contributed by atoms with Crippen LogP contribution in [-0.4, -0.2) is 49.5 Å². The second-order valence-electron chi connectivity index (χ2n) is 5.34. The Morgan fingerprint density at radius 2 is 2.12 bits per heavy atom. The molecule has 1 fully saturated rings. The largest absolute Gasteiger partial charge is 0.324 e. The highest BCUT2D eigenvalue weighted by Gasteiger charge is 2.31. The Labute approximate surface area is 99.1 Å². The molecule has 4 nitrogen and oxygen atoms in total. The monoisotopic (exact) mass is 248 g/mol. The number of hydrogen-bond donors (Lipinski definition) is 1. The van der Waals surface area contributed by atoms with Gasteiger partial charge in [0.1, 0.15) is 0 Å². The van der Waals surface area contributed by atoms with E-state index in [1.54, 1.807) is 0 Å². The van der Waals surface area contributed by atoms with Crippen molar-refractivity contribution in [2.45, 2.75) is 45.2 Å². The third kappa shape index (κ3) is 4.03. The molecular weight excluding hydrogens is 224 g/mol. The SMILES string of the molecule is CCCC(C)(N)CN1CCS(=O)(=O)CC1C. The molecule has 0 aromatic heterocycles. The van der Waals surface area contributed by atoms with Gasteiger partial charge in [-0.05, 0) is 20.3 Å². The molecule has 1 rings (SSSR count). The summed E-state index contributed by atoms with van der Waals surface area (Å²) in [5.74, 6) is 0.550. The number of rotatable bonds is 4. The van der Waals surface area contributed by atoms with Gasteiger partial charge in [-0.1, -0.05) is 13.3 Å². The van der Waals surface area contributed by atoms with E-state index >= 15 is 0 Å². The van der Waals surface area contributed by atoms with Crippen molar-refractivity contribution >= 4 is 9.84 Å². The Hall–Kier alpha value is -0.130. The highest BCUT2D eigenvalue weighted by Crippen LogP contribution is 2.17. The predicted molar refractivity (Wildman–Crippen MR) is 67.2 cm³/mol. The first-order valence-electron chi connectivity index (χ1n) is 5.99. The van der Waals surface area contributed by atoms with E-state index in [2.05, 4.69) is 11.8 Å². The molecule has 0 aromatic carbocycles. The molecule has 96 valence electrons. The van der Waals surface area contributed by atoms with Crippen LogP contribution in [0.15, 0.2) is 0 Å². The fourth-order valence-electron chi connectivity index (χ4n) is 2.38. The van der Waals surface area contributed by atoms with Gasteiger partial charge in [0.25, 0.3) is 0 Å². The van der Waals surface area contributed by atoms with E-state index in [0.717, 1.165) is 19.4 Å². The molecule has 2 unspecified atom stereocenters. The summed E-state index contributed by atoms with van der Waals surface area (Å²) in [6.07, 6.45) is 2.04. The van der Waals surface area contributed by atoms with Gasteiger partial charge in [0.15, 0.2) is 9.84 Å². The highest BCUT2D eigenvalue weighted by molar-refractivity contribution is 7.91. The highest BCUT2D eigenvalue weighted by atomic mass is 32.2. The maximum absolute atomic E-state index is 11.4. The molecule has 0 saturated carbocycles. The summed E-state index contributed by atoms with van der Waals surface area (Å²) in [4.78, 5) is 2.21. The fraction of sp³-hybridized carbons (Fsp3) is 1.00. The first-order chi connectivity index (χ1) is 7.26. The van der Waals surface area contributed by atoms with E-state index < -0.39 is 9.84 Å². The van der Waals surface area contributed by atoms with E-state index in [9.17, 15) is 8.42 Å². The number of nitrogens with zero attached hydrogens (tertiary/aromatic N) is 1. The molecule has 1 heterocycles. The molecule has 5 heteroatoms. The lowest BCUT2D eigenvalue weighted by atomic mass is 9.96. The normalized spacial score (nSPS) is 29.9. The summed E-state index contributed by atoms with van der Waals surface area (Å²) < 4.78 is 22.9. The lowest BCUT2D eigenvalue weighted by Gasteiger charge is -2.38.